The number of likely N-dealkylation sites (tertiary alicyclic amines) is 1. The largest absolute Gasteiger partial charge is 0.497 e. The molecule has 9 heteroatoms. The molecule has 0 radical (unpaired) electrons. The maximum absolute atomic E-state index is 13.5. The molecule has 2 aromatic carbocycles. The molecule has 2 aliphatic rings. The highest BCUT2D eigenvalue weighted by Crippen LogP contribution is 2.45. The fourth-order valence-electron chi connectivity index (χ4n) is 5.36. The molecule has 35 heavy (non-hydrogen) atoms. The molecule has 6 nitrogen and oxygen atoms in total. The highest BCUT2D eigenvalue weighted by Gasteiger charge is 2.50. The Bertz CT molecular complexity index is 1130. The third-order valence-corrected chi connectivity index (χ3v) is 7.20. The van der Waals surface area contributed by atoms with Crippen molar-refractivity contribution >= 4 is 11.6 Å². The van der Waals surface area contributed by atoms with E-state index in [2.05, 4.69) is 0 Å². The number of alkyl halides is 3. The zero-order chi connectivity index (χ0) is 25.2. The van der Waals surface area contributed by atoms with Gasteiger partial charge in [0.15, 0.2) is 0 Å². The average Bonchev–Trinajstić information content (AvgIpc) is 3.22. The predicted molar refractivity (Wildman–Crippen MR) is 124 cm³/mol. The molecule has 2 aliphatic heterocycles. The van der Waals surface area contributed by atoms with Crippen molar-refractivity contribution in [2.45, 2.75) is 19.0 Å². The predicted octanol–water partition coefficient (Wildman–Crippen LogP) is 4.13. The highest BCUT2D eigenvalue weighted by atomic mass is 19.4. The van der Waals surface area contributed by atoms with Crippen LogP contribution in [0.25, 0.3) is 0 Å². The number of nitriles is 1. The molecule has 2 unspecified atom stereocenters. The van der Waals surface area contributed by atoms with E-state index in [0.29, 0.717) is 50.6 Å². The van der Waals surface area contributed by atoms with Crippen molar-refractivity contribution in [3.05, 3.63) is 59.2 Å². The summed E-state index contributed by atoms with van der Waals surface area (Å²) in [5.74, 6) is 0.750. The summed E-state index contributed by atoms with van der Waals surface area (Å²) in [6, 6.07) is 12.9. The van der Waals surface area contributed by atoms with E-state index in [1.807, 2.05) is 34.1 Å². The van der Waals surface area contributed by atoms with E-state index in [4.69, 9.17) is 14.7 Å². The van der Waals surface area contributed by atoms with Crippen LogP contribution in [-0.2, 0) is 22.1 Å². The second-order valence-electron chi connectivity index (χ2n) is 9.33. The summed E-state index contributed by atoms with van der Waals surface area (Å²) in [5.41, 5.74) is -0.253. The van der Waals surface area contributed by atoms with E-state index in [1.54, 1.807) is 26.4 Å². The lowest BCUT2D eigenvalue weighted by Gasteiger charge is -2.44. The van der Waals surface area contributed by atoms with Crippen LogP contribution in [0.2, 0.25) is 0 Å². The van der Waals surface area contributed by atoms with Gasteiger partial charge in [0.2, 0.25) is 5.91 Å². The van der Waals surface area contributed by atoms with Crippen LogP contribution in [0.5, 0.6) is 5.75 Å². The lowest BCUT2D eigenvalue weighted by molar-refractivity contribution is -0.137. The molecule has 0 N–H and O–H groups in total. The number of fused-ring (bicyclic) bond motifs is 1. The zero-order valence-corrected chi connectivity index (χ0v) is 19.8. The number of hydrogen-bond donors (Lipinski definition) is 0. The van der Waals surface area contributed by atoms with Crippen molar-refractivity contribution in [1.29, 1.82) is 5.26 Å². The number of benzene rings is 2. The molecule has 0 aliphatic carbocycles. The lowest BCUT2D eigenvalue weighted by Crippen LogP contribution is -2.49. The number of carbonyl (C=O) groups is 1. The molecular weight excluding hydrogens is 459 g/mol. The van der Waals surface area contributed by atoms with Crippen LogP contribution >= 0.6 is 0 Å². The number of nitrogens with zero attached hydrogens (tertiary/aromatic N) is 3. The van der Waals surface area contributed by atoms with Crippen molar-refractivity contribution in [2.24, 2.45) is 11.3 Å². The Morgan fingerprint density at radius 1 is 1.20 bits per heavy atom. The standard InChI is InChI=1S/C26H28F3N3O3/c1-34-17-25-8-9-31(21-7-6-19(13-30)23(12-21)26(27,28)29)14-20(25)15-32(16-25)24(33)11-18-4-3-5-22(10-18)35-2/h3-7,10,12,20H,8-9,11,14-17H2,1-2H3. The fraction of sp³-hybridized carbons (Fsp3) is 0.462. The van der Waals surface area contributed by atoms with Gasteiger partial charge in [0.25, 0.3) is 0 Å². The monoisotopic (exact) mass is 487 g/mol. The molecular formula is C26H28F3N3O3. The van der Waals surface area contributed by atoms with Crippen LogP contribution in [0, 0.1) is 22.7 Å². The maximum Gasteiger partial charge on any atom is 0.417 e. The van der Waals surface area contributed by atoms with Gasteiger partial charge in [-0.25, -0.2) is 0 Å². The van der Waals surface area contributed by atoms with Gasteiger partial charge in [-0.15, -0.1) is 0 Å². The number of methoxy groups -OCH3 is 2. The molecule has 2 heterocycles. The Morgan fingerprint density at radius 2 is 2.00 bits per heavy atom. The smallest absolute Gasteiger partial charge is 0.417 e. The minimum Gasteiger partial charge on any atom is -0.497 e. The van der Waals surface area contributed by atoms with Gasteiger partial charge in [0.1, 0.15) is 5.75 Å². The van der Waals surface area contributed by atoms with Crippen molar-refractivity contribution in [3.8, 4) is 11.8 Å². The molecule has 2 aromatic rings. The summed E-state index contributed by atoms with van der Waals surface area (Å²) in [5, 5.41) is 9.09. The van der Waals surface area contributed by atoms with E-state index < -0.39 is 11.7 Å². The maximum atomic E-state index is 13.5. The number of halogens is 3. The van der Waals surface area contributed by atoms with E-state index in [0.717, 1.165) is 11.6 Å². The van der Waals surface area contributed by atoms with Gasteiger partial charge in [-0.2, -0.15) is 18.4 Å². The first-order valence-corrected chi connectivity index (χ1v) is 11.4. The van der Waals surface area contributed by atoms with Gasteiger partial charge in [0.05, 0.1) is 37.3 Å². The highest BCUT2D eigenvalue weighted by molar-refractivity contribution is 5.79. The SMILES string of the molecule is COCC12CCN(c3ccc(C#N)c(C(F)(F)F)c3)CC1CN(C(=O)Cc1cccc(OC)c1)C2. The number of carbonyl (C=O) groups excluding carboxylic acids is 1. The summed E-state index contributed by atoms with van der Waals surface area (Å²) in [4.78, 5) is 16.9. The quantitative estimate of drug-likeness (QED) is 0.613. The van der Waals surface area contributed by atoms with Crippen LogP contribution in [0.15, 0.2) is 42.5 Å². The lowest BCUT2D eigenvalue weighted by atomic mass is 9.73. The second kappa shape index (κ2) is 9.78. The van der Waals surface area contributed by atoms with Crippen molar-refractivity contribution in [2.75, 3.05) is 51.9 Å². The Morgan fingerprint density at radius 3 is 2.69 bits per heavy atom. The first-order chi connectivity index (χ1) is 16.7. The fourth-order valence-corrected chi connectivity index (χ4v) is 5.36. The molecule has 0 spiro atoms. The van der Waals surface area contributed by atoms with Crippen LogP contribution in [-0.4, -0.2) is 57.8 Å². The Kier molecular flexibility index (Phi) is 6.95. The minimum atomic E-state index is -4.60. The first-order valence-electron chi connectivity index (χ1n) is 11.4. The normalized spacial score (nSPS) is 22.0. The molecule has 2 fully saturated rings. The summed E-state index contributed by atoms with van der Waals surface area (Å²) >= 11 is 0. The van der Waals surface area contributed by atoms with E-state index in [9.17, 15) is 18.0 Å². The van der Waals surface area contributed by atoms with Gasteiger partial charge >= 0.3 is 6.18 Å². The molecule has 186 valence electrons. The average molecular weight is 488 g/mol. The molecule has 0 aromatic heterocycles. The second-order valence-corrected chi connectivity index (χ2v) is 9.33. The number of piperidine rings is 1. The van der Waals surface area contributed by atoms with Crippen LogP contribution < -0.4 is 9.64 Å². The number of rotatable bonds is 6. The van der Waals surface area contributed by atoms with Gasteiger partial charge in [-0.1, -0.05) is 12.1 Å². The first kappa shape index (κ1) is 24.9. The van der Waals surface area contributed by atoms with Crippen LogP contribution in [0.4, 0.5) is 18.9 Å². The summed E-state index contributed by atoms with van der Waals surface area (Å²) in [6.45, 7) is 2.61. The van der Waals surface area contributed by atoms with E-state index in [-0.39, 0.29) is 29.2 Å². The Hall–Kier alpha value is -3.25. The molecule has 0 saturated carbocycles. The van der Waals surface area contributed by atoms with Crippen molar-refractivity contribution in [3.63, 3.8) is 0 Å². The van der Waals surface area contributed by atoms with Gasteiger partial charge < -0.3 is 19.3 Å². The molecule has 0 bridgehead atoms. The van der Waals surface area contributed by atoms with Gasteiger partial charge in [0, 0.05) is 50.3 Å². The summed E-state index contributed by atoms with van der Waals surface area (Å²) in [7, 11) is 3.22. The van der Waals surface area contributed by atoms with Gasteiger partial charge in [-0.3, -0.25) is 4.79 Å². The Balaban J connectivity index is 1.52. The van der Waals surface area contributed by atoms with Gasteiger partial charge in [-0.05, 0) is 42.3 Å². The summed E-state index contributed by atoms with van der Waals surface area (Å²) in [6.07, 6.45) is -3.66. The van der Waals surface area contributed by atoms with Crippen LogP contribution in [0.1, 0.15) is 23.1 Å². The number of anilines is 1. The number of ether oxygens (including phenoxy) is 2. The number of hydrogen-bond acceptors (Lipinski definition) is 5. The van der Waals surface area contributed by atoms with Crippen molar-refractivity contribution in [1.82, 2.24) is 4.90 Å². The Labute approximate surface area is 202 Å². The number of amides is 1. The van der Waals surface area contributed by atoms with Crippen LogP contribution in [0.3, 0.4) is 0 Å². The summed E-state index contributed by atoms with van der Waals surface area (Å²) < 4.78 is 51.3. The minimum absolute atomic E-state index is 0.00686. The molecule has 2 saturated heterocycles. The van der Waals surface area contributed by atoms with E-state index >= 15 is 0 Å². The topological polar surface area (TPSA) is 65.8 Å². The molecule has 1 amide bonds. The third kappa shape index (κ3) is 5.08. The van der Waals surface area contributed by atoms with E-state index in [1.165, 1.54) is 6.07 Å². The molecule has 4 rings (SSSR count). The zero-order valence-electron chi connectivity index (χ0n) is 19.8. The third-order valence-electron chi connectivity index (χ3n) is 7.20. The molecule has 2 atom stereocenters. The van der Waals surface area contributed by atoms with Crippen molar-refractivity contribution < 1.29 is 27.4 Å².